The number of hydrogen-bond donors (Lipinski definition) is 1. The number of aromatic nitrogens is 4. The van der Waals surface area contributed by atoms with Gasteiger partial charge in [0.1, 0.15) is 0 Å². The van der Waals surface area contributed by atoms with Crippen LogP contribution in [0.1, 0.15) is 12.5 Å². The number of hydrogen-bond acceptors (Lipinski definition) is 8. The molecule has 2 aromatic heterocycles. The maximum atomic E-state index is 11.7. The highest BCUT2D eigenvalue weighted by Gasteiger charge is 2.23. The molecule has 1 aliphatic rings. The fraction of sp³-hybridized carbons (Fsp3) is 0.438. The smallest absolute Gasteiger partial charge is 0.409 e. The lowest BCUT2D eigenvalue weighted by Crippen LogP contribution is -2.49. The van der Waals surface area contributed by atoms with E-state index < -0.39 is 0 Å². The Kier molecular flexibility index (Phi) is 5.55. The number of ether oxygens (including phenoxy) is 1. The Morgan fingerprint density at radius 1 is 1.24 bits per heavy atom. The van der Waals surface area contributed by atoms with Crippen molar-refractivity contribution >= 4 is 17.9 Å². The van der Waals surface area contributed by atoms with Crippen LogP contribution in [0.5, 0.6) is 0 Å². The van der Waals surface area contributed by atoms with E-state index in [0.29, 0.717) is 45.3 Å². The van der Waals surface area contributed by atoms with Crippen molar-refractivity contribution < 1.29 is 9.53 Å². The molecule has 3 heterocycles. The van der Waals surface area contributed by atoms with E-state index in [0.717, 1.165) is 11.4 Å². The Balaban J connectivity index is 1.56. The maximum absolute atomic E-state index is 11.7. The molecule has 3 rings (SSSR count). The topological polar surface area (TPSA) is 96.4 Å². The van der Waals surface area contributed by atoms with E-state index in [1.165, 1.54) is 0 Å². The monoisotopic (exact) mass is 343 g/mol. The molecule has 0 radical (unpaired) electrons. The Morgan fingerprint density at radius 2 is 2.00 bits per heavy atom. The summed E-state index contributed by atoms with van der Waals surface area (Å²) in [6.45, 7) is 5.36. The number of nitrogens with one attached hydrogen (secondary N) is 1. The first-order valence-electron chi connectivity index (χ1n) is 8.25. The van der Waals surface area contributed by atoms with E-state index in [1.54, 1.807) is 30.4 Å². The van der Waals surface area contributed by atoms with Crippen LogP contribution in [0.4, 0.5) is 16.6 Å². The van der Waals surface area contributed by atoms with Gasteiger partial charge in [0.05, 0.1) is 12.8 Å². The Hall–Kier alpha value is -2.97. The lowest BCUT2D eigenvalue weighted by molar-refractivity contribution is 0.105. The van der Waals surface area contributed by atoms with Gasteiger partial charge in [-0.15, -0.1) is 5.10 Å². The molecule has 0 unspecified atom stereocenters. The summed E-state index contributed by atoms with van der Waals surface area (Å²) in [4.78, 5) is 24.0. The van der Waals surface area contributed by atoms with Gasteiger partial charge in [0.25, 0.3) is 0 Å². The molecule has 1 N–H and O–H groups in total. The van der Waals surface area contributed by atoms with Gasteiger partial charge in [0.2, 0.25) is 5.95 Å². The van der Waals surface area contributed by atoms with E-state index in [-0.39, 0.29) is 6.09 Å². The van der Waals surface area contributed by atoms with Crippen LogP contribution in [0.25, 0.3) is 0 Å². The minimum absolute atomic E-state index is 0.261. The quantitative estimate of drug-likeness (QED) is 0.864. The van der Waals surface area contributed by atoms with E-state index in [2.05, 4.69) is 30.4 Å². The standard InChI is InChI=1S/C16H21N7O2/c1-2-25-16(24)23-9-7-22(8-10-23)14-12-19-21-15(20-14)18-11-13-3-5-17-6-4-13/h3-6,12H,2,7-11H2,1H3,(H,18,20,21). The van der Waals surface area contributed by atoms with Crippen LogP contribution in [0.15, 0.2) is 30.7 Å². The summed E-state index contributed by atoms with van der Waals surface area (Å²) in [7, 11) is 0. The summed E-state index contributed by atoms with van der Waals surface area (Å²) in [5, 5.41) is 11.2. The van der Waals surface area contributed by atoms with Gasteiger partial charge < -0.3 is 19.9 Å². The van der Waals surface area contributed by atoms with Crippen LogP contribution < -0.4 is 10.2 Å². The number of anilines is 2. The summed E-state index contributed by atoms with van der Waals surface area (Å²) < 4.78 is 5.03. The summed E-state index contributed by atoms with van der Waals surface area (Å²) >= 11 is 0. The second kappa shape index (κ2) is 8.22. The van der Waals surface area contributed by atoms with Crippen LogP contribution in [0.2, 0.25) is 0 Å². The zero-order chi connectivity index (χ0) is 17.5. The minimum Gasteiger partial charge on any atom is -0.450 e. The molecule has 0 atom stereocenters. The van der Waals surface area contributed by atoms with Crippen molar-refractivity contribution in [2.75, 3.05) is 43.0 Å². The van der Waals surface area contributed by atoms with Crippen molar-refractivity contribution in [3.8, 4) is 0 Å². The lowest BCUT2D eigenvalue weighted by atomic mass is 10.3. The molecule has 2 aromatic rings. The molecule has 1 aliphatic heterocycles. The molecule has 0 saturated carbocycles. The number of carbonyl (C=O) groups excluding carboxylic acids is 1. The second-order valence-corrected chi connectivity index (χ2v) is 5.52. The number of piperazine rings is 1. The fourth-order valence-electron chi connectivity index (χ4n) is 2.54. The average Bonchev–Trinajstić information content (AvgIpc) is 2.68. The molecule has 9 heteroatoms. The average molecular weight is 343 g/mol. The highest BCUT2D eigenvalue weighted by Crippen LogP contribution is 2.14. The number of amides is 1. The first-order chi connectivity index (χ1) is 12.3. The van der Waals surface area contributed by atoms with Crippen molar-refractivity contribution in [3.63, 3.8) is 0 Å². The molecule has 1 fully saturated rings. The third-order valence-electron chi connectivity index (χ3n) is 3.88. The van der Waals surface area contributed by atoms with Crippen molar-refractivity contribution in [2.45, 2.75) is 13.5 Å². The SMILES string of the molecule is CCOC(=O)N1CCN(c2cnnc(NCc3ccncc3)n2)CC1. The molecule has 9 nitrogen and oxygen atoms in total. The Morgan fingerprint density at radius 3 is 2.72 bits per heavy atom. The number of rotatable bonds is 5. The van der Waals surface area contributed by atoms with Crippen molar-refractivity contribution in [1.82, 2.24) is 25.1 Å². The molecule has 25 heavy (non-hydrogen) atoms. The third kappa shape index (κ3) is 4.52. The molecule has 0 bridgehead atoms. The lowest BCUT2D eigenvalue weighted by Gasteiger charge is -2.34. The van der Waals surface area contributed by atoms with Crippen LogP contribution >= 0.6 is 0 Å². The van der Waals surface area contributed by atoms with E-state index >= 15 is 0 Å². The predicted molar refractivity (Wildman–Crippen MR) is 92.2 cm³/mol. The number of carbonyl (C=O) groups is 1. The van der Waals surface area contributed by atoms with Crippen molar-refractivity contribution in [3.05, 3.63) is 36.3 Å². The van der Waals surface area contributed by atoms with Gasteiger partial charge in [-0.3, -0.25) is 4.98 Å². The largest absolute Gasteiger partial charge is 0.450 e. The van der Waals surface area contributed by atoms with Crippen molar-refractivity contribution in [2.24, 2.45) is 0 Å². The zero-order valence-corrected chi connectivity index (χ0v) is 14.1. The molecular weight excluding hydrogens is 322 g/mol. The summed E-state index contributed by atoms with van der Waals surface area (Å²) in [6.07, 6.45) is 4.87. The summed E-state index contributed by atoms with van der Waals surface area (Å²) in [5.41, 5.74) is 1.09. The second-order valence-electron chi connectivity index (χ2n) is 5.52. The number of pyridine rings is 1. The van der Waals surface area contributed by atoms with E-state index in [1.807, 2.05) is 12.1 Å². The normalized spacial score (nSPS) is 14.3. The van der Waals surface area contributed by atoms with Gasteiger partial charge >= 0.3 is 6.09 Å². The van der Waals surface area contributed by atoms with Gasteiger partial charge in [-0.05, 0) is 24.6 Å². The van der Waals surface area contributed by atoms with Gasteiger partial charge in [-0.1, -0.05) is 0 Å². The molecule has 1 amide bonds. The first kappa shape index (κ1) is 16.9. The van der Waals surface area contributed by atoms with Gasteiger partial charge in [-0.25, -0.2) is 4.79 Å². The van der Waals surface area contributed by atoms with Gasteiger partial charge in [0.15, 0.2) is 5.82 Å². The maximum Gasteiger partial charge on any atom is 0.409 e. The third-order valence-corrected chi connectivity index (χ3v) is 3.88. The van der Waals surface area contributed by atoms with Gasteiger partial charge in [-0.2, -0.15) is 10.1 Å². The summed E-state index contributed by atoms with van der Waals surface area (Å²) in [6, 6.07) is 3.86. The Labute approximate surface area is 146 Å². The minimum atomic E-state index is -0.261. The molecule has 0 spiro atoms. The van der Waals surface area contributed by atoms with E-state index in [9.17, 15) is 4.79 Å². The van der Waals surface area contributed by atoms with Crippen LogP contribution in [0, 0.1) is 0 Å². The van der Waals surface area contributed by atoms with E-state index in [4.69, 9.17) is 4.74 Å². The van der Waals surface area contributed by atoms with Gasteiger partial charge in [0, 0.05) is 45.1 Å². The van der Waals surface area contributed by atoms with Crippen LogP contribution in [-0.2, 0) is 11.3 Å². The first-order valence-corrected chi connectivity index (χ1v) is 8.25. The molecule has 0 aliphatic carbocycles. The van der Waals surface area contributed by atoms with Crippen LogP contribution in [-0.4, -0.2) is 63.9 Å². The molecular formula is C16H21N7O2. The molecule has 0 aromatic carbocycles. The number of nitrogens with zero attached hydrogens (tertiary/aromatic N) is 6. The predicted octanol–water partition coefficient (Wildman–Crippen LogP) is 1.16. The molecule has 132 valence electrons. The highest BCUT2D eigenvalue weighted by atomic mass is 16.6. The zero-order valence-electron chi connectivity index (χ0n) is 14.1. The Bertz CT molecular complexity index is 690. The highest BCUT2D eigenvalue weighted by molar-refractivity contribution is 5.68. The van der Waals surface area contributed by atoms with Crippen LogP contribution in [0.3, 0.4) is 0 Å². The molecule has 1 saturated heterocycles. The fourth-order valence-corrected chi connectivity index (χ4v) is 2.54. The summed E-state index contributed by atoms with van der Waals surface area (Å²) in [5.74, 6) is 1.22. The van der Waals surface area contributed by atoms with Crippen molar-refractivity contribution in [1.29, 1.82) is 0 Å².